The Hall–Kier alpha value is -2.42. The highest BCUT2D eigenvalue weighted by atomic mass is 32.1. The van der Waals surface area contributed by atoms with Gasteiger partial charge in [-0.25, -0.2) is 4.98 Å². The molecule has 0 fully saturated rings. The minimum atomic E-state index is -4.47. The van der Waals surface area contributed by atoms with Crippen molar-refractivity contribution in [3.8, 4) is 0 Å². The van der Waals surface area contributed by atoms with E-state index in [9.17, 15) is 18.0 Å². The molecular formula is C14H11F3N4OS. The zero-order valence-corrected chi connectivity index (χ0v) is 12.5. The van der Waals surface area contributed by atoms with Gasteiger partial charge in [-0.15, -0.1) is 11.3 Å². The molecule has 1 amide bonds. The number of nitrogens with zero attached hydrogens (tertiary/aromatic N) is 3. The summed E-state index contributed by atoms with van der Waals surface area (Å²) < 4.78 is 38.9. The largest absolute Gasteiger partial charge is 0.434 e. The molecule has 1 aromatic carbocycles. The Morgan fingerprint density at radius 1 is 1.30 bits per heavy atom. The number of carbonyl (C=O) groups is 1. The Morgan fingerprint density at radius 2 is 2.09 bits per heavy atom. The molecule has 5 nitrogen and oxygen atoms in total. The first-order valence-electron chi connectivity index (χ1n) is 6.62. The normalized spacial score (nSPS) is 11.8. The average molecular weight is 340 g/mol. The maximum atomic E-state index is 12.4. The lowest BCUT2D eigenvalue weighted by atomic mass is 10.2. The summed E-state index contributed by atoms with van der Waals surface area (Å²) in [6.45, 7) is -0.0518. The standard InChI is InChI=1S/C14H11F3N4OS/c15-14(16,17)11-8-23-13(20-11)6-18-12(22)7-21-10-4-2-1-3-9(10)5-19-21/h1-5,8H,6-7H2,(H,18,22). The SMILES string of the molecule is O=C(Cn1ncc2ccccc21)NCc1nc(C(F)(F)F)cs1. The van der Waals surface area contributed by atoms with Gasteiger partial charge >= 0.3 is 6.18 Å². The van der Waals surface area contributed by atoms with E-state index in [1.807, 2.05) is 24.3 Å². The lowest BCUT2D eigenvalue weighted by molar-refractivity contribution is -0.140. The van der Waals surface area contributed by atoms with E-state index in [0.29, 0.717) is 0 Å². The fraction of sp³-hybridized carbons (Fsp3) is 0.214. The Morgan fingerprint density at radius 3 is 2.83 bits per heavy atom. The van der Waals surface area contributed by atoms with Crippen molar-refractivity contribution in [2.45, 2.75) is 19.3 Å². The number of halogens is 3. The molecule has 23 heavy (non-hydrogen) atoms. The van der Waals surface area contributed by atoms with Gasteiger partial charge in [-0.3, -0.25) is 9.48 Å². The minimum absolute atomic E-state index is 0.00891. The topological polar surface area (TPSA) is 59.8 Å². The summed E-state index contributed by atoms with van der Waals surface area (Å²) in [5.41, 5.74) is -0.124. The third-order valence-electron chi connectivity index (χ3n) is 3.12. The van der Waals surface area contributed by atoms with E-state index in [2.05, 4.69) is 15.4 Å². The molecule has 9 heteroatoms. The van der Waals surface area contributed by atoms with Crippen LogP contribution in [-0.4, -0.2) is 20.7 Å². The molecule has 0 radical (unpaired) electrons. The van der Waals surface area contributed by atoms with Crippen molar-refractivity contribution in [3.05, 3.63) is 46.5 Å². The molecule has 2 aromatic heterocycles. The van der Waals surface area contributed by atoms with Crippen molar-refractivity contribution in [2.75, 3.05) is 0 Å². The first-order valence-corrected chi connectivity index (χ1v) is 7.50. The number of para-hydroxylation sites is 1. The molecule has 0 aliphatic carbocycles. The maximum Gasteiger partial charge on any atom is 0.434 e. The fourth-order valence-electron chi connectivity index (χ4n) is 2.04. The monoisotopic (exact) mass is 340 g/mol. The van der Waals surface area contributed by atoms with E-state index in [1.54, 1.807) is 6.20 Å². The number of aromatic nitrogens is 3. The van der Waals surface area contributed by atoms with Crippen LogP contribution in [0.2, 0.25) is 0 Å². The molecular weight excluding hydrogens is 329 g/mol. The van der Waals surface area contributed by atoms with Crippen LogP contribution in [0.25, 0.3) is 10.9 Å². The van der Waals surface area contributed by atoms with Crippen molar-refractivity contribution in [2.24, 2.45) is 0 Å². The van der Waals surface area contributed by atoms with Crippen LogP contribution >= 0.6 is 11.3 Å². The van der Waals surface area contributed by atoms with Gasteiger partial charge < -0.3 is 5.32 Å². The molecule has 0 saturated heterocycles. The summed E-state index contributed by atoms with van der Waals surface area (Å²) in [5, 5.41) is 8.72. The summed E-state index contributed by atoms with van der Waals surface area (Å²) >= 11 is 0.861. The summed E-state index contributed by atoms with van der Waals surface area (Å²) in [7, 11) is 0. The van der Waals surface area contributed by atoms with Crippen molar-refractivity contribution in [1.29, 1.82) is 0 Å². The smallest absolute Gasteiger partial charge is 0.348 e. The second kappa shape index (κ2) is 5.99. The number of hydrogen-bond donors (Lipinski definition) is 1. The number of hydrogen-bond acceptors (Lipinski definition) is 4. The number of alkyl halides is 3. The lowest BCUT2D eigenvalue weighted by Gasteiger charge is -2.05. The van der Waals surface area contributed by atoms with Gasteiger partial charge in [0.05, 0.1) is 18.3 Å². The number of fused-ring (bicyclic) bond motifs is 1. The van der Waals surface area contributed by atoms with Crippen LogP contribution in [0.1, 0.15) is 10.7 Å². The second-order valence-corrected chi connectivity index (χ2v) is 5.70. The van der Waals surface area contributed by atoms with E-state index in [1.165, 1.54) is 4.68 Å². The molecule has 0 atom stereocenters. The molecule has 2 heterocycles. The Balaban J connectivity index is 1.61. The quantitative estimate of drug-likeness (QED) is 0.794. The first-order chi connectivity index (χ1) is 10.9. The van der Waals surface area contributed by atoms with E-state index < -0.39 is 11.9 Å². The van der Waals surface area contributed by atoms with E-state index >= 15 is 0 Å². The highest BCUT2D eigenvalue weighted by Crippen LogP contribution is 2.29. The fourth-order valence-corrected chi connectivity index (χ4v) is 2.78. The summed E-state index contributed by atoms with van der Waals surface area (Å²) in [4.78, 5) is 15.4. The summed E-state index contributed by atoms with van der Waals surface area (Å²) in [6.07, 6.45) is -2.81. The Bertz CT molecular complexity index is 840. The van der Waals surface area contributed by atoms with Crippen LogP contribution in [0, 0.1) is 0 Å². The predicted molar refractivity (Wildman–Crippen MR) is 78.7 cm³/mol. The molecule has 0 unspecified atom stereocenters. The Kier molecular flexibility index (Phi) is 4.03. The van der Waals surface area contributed by atoms with Gasteiger partial charge in [0.25, 0.3) is 0 Å². The molecule has 3 aromatic rings. The number of carbonyl (C=O) groups excluding carboxylic acids is 1. The number of nitrogens with one attached hydrogen (secondary N) is 1. The van der Waals surface area contributed by atoms with Crippen LogP contribution in [0.3, 0.4) is 0 Å². The molecule has 0 spiro atoms. The van der Waals surface area contributed by atoms with Crippen molar-refractivity contribution >= 4 is 28.1 Å². The van der Waals surface area contributed by atoms with Gasteiger partial charge in [0, 0.05) is 10.8 Å². The third-order valence-corrected chi connectivity index (χ3v) is 3.97. The van der Waals surface area contributed by atoms with Gasteiger partial charge in [-0.05, 0) is 6.07 Å². The minimum Gasteiger partial charge on any atom is -0.348 e. The zero-order chi connectivity index (χ0) is 16.4. The maximum absolute atomic E-state index is 12.4. The highest BCUT2D eigenvalue weighted by Gasteiger charge is 2.33. The van der Waals surface area contributed by atoms with Crippen LogP contribution in [0.15, 0.2) is 35.8 Å². The van der Waals surface area contributed by atoms with Gasteiger partial charge in [-0.1, -0.05) is 18.2 Å². The summed E-state index contributed by atoms with van der Waals surface area (Å²) in [6, 6.07) is 7.43. The van der Waals surface area contributed by atoms with Gasteiger partial charge in [-0.2, -0.15) is 18.3 Å². The van der Waals surface area contributed by atoms with Crippen LogP contribution < -0.4 is 5.32 Å². The zero-order valence-electron chi connectivity index (χ0n) is 11.7. The van der Waals surface area contributed by atoms with Gasteiger partial charge in [0.1, 0.15) is 11.6 Å². The van der Waals surface area contributed by atoms with Crippen molar-refractivity contribution in [1.82, 2.24) is 20.1 Å². The molecule has 0 aliphatic heterocycles. The van der Waals surface area contributed by atoms with Crippen molar-refractivity contribution in [3.63, 3.8) is 0 Å². The highest BCUT2D eigenvalue weighted by molar-refractivity contribution is 7.09. The lowest BCUT2D eigenvalue weighted by Crippen LogP contribution is -2.27. The Labute approximate surface area is 132 Å². The van der Waals surface area contributed by atoms with E-state index in [-0.39, 0.29) is 24.0 Å². The molecule has 0 aliphatic rings. The summed E-state index contributed by atoms with van der Waals surface area (Å²) in [5.74, 6) is -0.345. The van der Waals surface area contributed by atoms with E-state index in [0.717, 1.165) is 27.6 Å². The second-order valence-electron chi connectivity index (χ2n) is 4.76. The number of thiazole rings is 1. The third kappa shape index (κ3) is 3.50. The molecule has 0 bridgehead atoms. The molecule has 0 saturated carbocycles. The number of rotatable bonds is 4. The van der Waals surface area contributed by atoms with Crippen LogP contribution in [-0.2, 0) is 24.1 Å². The average Bonchev–Trinajstić information content (AvgIpc) is 3.12. The molecule has 3 rings (SSSR count). The molecule has 120 valence electrons. The number of benzene rings is 1. The van der Waals surface area contributed by atoms with Gasteiger partial charge in [0.2, 0.25) is 5.91 Å². The van der Waals surface area contributed by atoms with Crippen LogP contribution in [0.4, 0.5) is 13.2 Å². The molecule has 1 N–H and O–H groups in total. The van der Waals surface area contributed by atoms with Crippen molar-refractivity contribution < 1.29 is 18.0 Å². The van der Waals surface area contributed by atoms with Crippen LogP contribution in [0.5, 0.6) is 0 Å². The number of amides is 1. The first kappa shape index (κ1) is 15.5. The van der Waals surface area contributed by atoms with E-state index in [4.69, 9.17) is 0 Å². The predicted octanol–water partition coefficient (Wildman–Crippen LogP) is 2.83. The van der Waals surface area contributed by atoms with Gasteiger partial charge in [0.15, 0.2) is 5.69 Å².